The second-order valence-electron chi connectivity index (χ2n) is 4.40. The van der Waals surface area contributed by atoms with Crippen molar-refractivity contribution in [2.45, 2.75) is 26.7 Å². The molecule has 0 unspecified atom stereocenters. The van der Waals surface area contributed by atoms with Crippen LogP contribution in [0.1, 0.15) is 37.2 Å². The molecule has 0 atom stereocenters. The predicted molar refractivity (Wildman–Crippen MR) is 69.3 cm³/mol. The Hall–Kier alpha value is -1.03. The van der Waals surface area contributed by atoms with Crippen LogP contribution in [0, 0.1) is 5.41 Å². The van der Waals surface area contributed by atoms with Crippen LogP contribution in [-0.2, 0) is 7.05 Å². The second-order valence-corrected chi connectivity index (χ2v) is 4.67. The standard InChI is InChI=1S/C12H20ClN3O/c1-4-12(5-2,8-13)9-14-11(17)10-6-7-16(3)15-10/h6-7H,4-5,8-9H2,1-3H3,(H,14,17). The van der Waals surface area contributed by atoms with Gasteiger partial charge >= 0.3 is 0 Å². The van der Waals surface area contributed by atoms with Gasteiger partial charge in [-0.25, -0.2) is 0 Å². The molecule has 4 nitrogen and oxygen atoms in total. The van der Waals surface area contributed by atoms with E-state index in [1.54, 1.807) is 24.0 Å². The largest absolute Gasteiger partial charge is 0.350 e. The predicted octanol–water partition coefficient (Wildman–Crippen LogP) is 2.20. The second kappa shape index (κ2) is 6.05. The maximum Gasteiger partial charge on any atom is 0.271 e. The Morgan fingerprint density at radius 3 is 2.59 bits per heavy atom. The summed E-state index contributed by atoms with van der Waals surface area (Å²) in [4.78, 5) is 11.8. The Morgan fingerprint density at radius 2 is 2.18 bits per heavy atom. The average Bonchev–Trinajstić information content (AvgIpc) is 2.78. The topological polar surface area (TPSA) is 46.9 Å². The zero-order valence-electron chi connectivity index (χ0n) is 10.7. The molecule has 0 saturated heterocycles. The number of alkyl halides is 1. The van der Waals surface area contributed by atoms with Gasteiger partial charge in [-0.3, -0.25) is 9.48 Å². The highest BCUT2D eigenvalue weighted by atomic mass is 35.5. The highest BCUT2D eigenvalue weighted by Crippen LogP contribution is 2.26. The molecule has 0 aliphatic heterocycles. The summed E-state index contributed by atoms with van der Waals surface area (Å²) >= 11 is 5.99. The number of aromatic nitrogens is 2. The third-order valence-corrected chi connectivity index (χ3v) is 3.92. The lowest BCUT2D eigenvalue weighted by atomic mass is 9.84. The number of nitrogens with one attached hydrogen (secondary N) is 1. The van der Waals surface area contributed by atoms with E-state index in [2.05, 4.69) is 24.3 Å². The van der Waals surface area contributed by atoms with Gasteiger partial charge in [-0.1, -0.05) is 13.8 Å². The summed E-state index contributed by atoms with van der Waals surface area (Å²) in [7, 11) is 1.79. The van der Waals surface area contributed by atoms with Crippen molar-refractivity contribution < 1.29 is 4.79 Å². The van der Waals surface area contributed by atoms with E-state index in [-0.39, 0.29) is 11.3 Å². The zero-order chi connectivity index (χ0) is 12.9. The number of aryl methyl sites for hydroxylation is 1. The van der Waals surface area contributed by atoms with Gasteiger partial charge in [0.15, 0.2) is 0 Å². The fourth-order valence-electron chi connectivity index (χ4n) is 1.63. The molecule has 0 bridgehead atoms. The zero-order valence-corrected chi connectivity index (χ0v) is 11.4. The van der Waals surface area contributed by atoms with Crippen molar-refractivity contribution in [3.63, 3.8) is 0 Å². The Labute approximate surface area is 107 Å². The van der Waals surface area contributed by atoms with Gasteiger partial charge in [0.1, 0.15) is 5.69 Å². The molecule has 1 heterocycles. The first kappa shape index (κ1) is 14.0. The molecule has 96 valence electrons. The van der Waals surface area contributed by atoms with Gasteiger partial charge in [-0.15, -0.1) is 11.6 Å². The summed E-state index contributed by atoms with van der Waals surface area (Å²) in [5.74, 6) is 0.421. The van der Waals surface area contributed by atoms with E-state index in [4.69, 9.17) is 11.6 Å². The van der Waals surface area contributed by atoms with Crippen LogP contribution < -0.4 is 5.32 Å². The number of hydrogen-bond acceptors (Lipinski definition) is 2. The van der Waals surface area contributed by atoms with Crippen LogP contribution in [0.4, 0.5) is 0 Å². The number of rotatable bonds is 6. The van der Waals surface area contributed by atoms with Gasteiger partial charge in [0.25, 0.3) is 5.91 Å². The Kier molecular flexibility index (Phi) is 5.00. The highest BCUT2D eigenvalue weighted by molar-refractivity contribution is 6.18. The normalized spacial score (nSPS) is 11.5. The van der Waals surface area contributed by atoms with Crippen LogP contribution in [0.3, 0.4) is 0 Å². The molecule has 1 aromatic heterocycles. The summed E-state index contributed by atoms with van der Waals surface area (Å²) in [5, 5.41) is 6.97. The van der Waals surface area contributed by atoms with E-state index >= 15 is 0 Å². The lowest BCUT2D eigenvalue weighted by molar-refractivity contribution is 0.0926. The van der Waals surface area contributed by atoms with E-state index in [0.29, 0.717) is 18.1 Å². The fraction of sp³-hybridized carbons (Fsp3) is 0.667. The molecule has 0 aliphatic carbocycles. The van der Waals surface area contributed by atoms with Crippen molar-refractivity contribution in [3.8, 4) is 0 Å². The Morgan fingerprint density at radius 1 is 1.53 bits per heavy atom. The molecule has 0 saturated carbocycles. The van der Waals surface area contributed by atoms with Gasteiger partial charge in [0.2, 0.25) is 0 Å². The third kappa shape index (κ3) is 3.46. The lowest BCUT2D eigenvalue weighted by Gasteiger charge is -2.29. The van der Waals surface area contributed by atoms with E-state index in [0.717, 1.165) is 12.8 Å². The summed E-state index contributed by atoms with van der Waals surface area (Å²) in [6.07, 6.45) is 3.66. The molecule has 1 aromatic rings. The van der Waals surface area contributed by atoms with Crippen molar-refractivity contribution in [1.29, 1.82) is 0 Å². The van der Waals surface area contributed by atoms with Gasteiger partial charge in [0.05, 0.1) is 0 Å². The van der Waals surface area contributed by atoms with Crippen molar-refractivity contribution in [1.82, 2.24) is 15.1 Å². The number of amides is 1. The highest BCUT2D eigenvalue weighted by Gasteiger charge is 2.26. The van der Waals surface area contributed by atoms with Gasteiger partial charge in [0, 0.05) is 31.1 Å². The molecule has 5 heteroatoms. The Balaban J connectivity index is 2.58. The number of carbonyl (C=O) groups excluding carboxylic acids is 1. The first-order valence-corrected chi connectivity index (χ1v) is 6.44. The molecule has 0 radical (unpaired) electrons. The maximum absolute atomic E-state index is 11.8. The van der Waals surface area contributed by atoms with E-state index < -0.39 is 0 Å². The molecular formula is C12H20ClN3O. The summed E-state index contributed by atoms with van der Waals surface area (Å²) in [6, 6.07) is 1.70. The average molecular weight is 258 g/mol. The van der Waals surface area contributed by atoms with Crippen molar-refractivity contribution in [2.75, 3.05) is 12.4 Å². The van der Waals surface area contributed by atoms with Crippen LogP contribution in [-0.4, -0.2) is 28.1 Å². The molecule has 0 fully saturated rings. The van der Waals surface area contributed by atoms with Crippen molar-refractivity contribution in [2.24, 2.45) is 12.5 Å². The van der Waals surface area contributed by atoms with Gasteiger partial charge in [-0.2, -0.15) is 5.10 Å². The van der Waals surface area contributed by atoms with Gasteiger partial charge < -0.3 is 5.32 Å². The minimum atomic E-state index is -0.137. The van der Waals surface area contributed by atoms with Crippen LogP contribution in [0.15, 0.2) is 12.3 Å². The fourth-order valence-corrected chi connectivity index (χ4v) is 2.10. The maximum atomic E-state index is 11.8. The number of hydrogen-bond donors (Lipinski definition) is 1. The molecule has 0 aliphatic rings. The molecule has 1 rings (SSSR count). The molecule has 1 amide bonds. The number of nitrogens with zero attached hydrogens (tertiary/aromatic N) is 2. The van der Waals surface area contributed by atoms with Crippen LogP contribution in [0.25, 0.3) is 0 Å². The summed E-state index contributed by atoms with van der Waals surface area (Å²) in [5.41, 5.74) is 0.439. The summed E-state index contributed by atoms with van der Waals surface area (Å²) in [6.45, 7) is 4.79. The SMILES string of the molecule is CCC(CC)(CCl)CNC(=O)c1ccn(C)n1. The third-order valence-electron chi connectivity index (χ3n) is 3.35. The van der Waals surface area contributed by atoms with Crippen molar-refractivity contribution >= 4 is 17.5 Å². The van der Waals surface area contributed by atoms with E-state index in [1.807, 2.05) is 0 Å². The summed E-state index contributed by atoms with van der Waals surface area (Å²) < 4.78 is 1.61. The van der Waals surface area contributed by atoms with E-state index in [1.165, 1.54) is 0 Å². The van der Waals surface area contributed by atoms with Crippen LogP contribution in [0.5, 0.6) is 0 Å². The van der Waals surface area contributed by atoms with Crippen LogP contribution >= 0.6 is 11.6 Å². The molecular weight excluding hydrogens is 238 g/mol. The van der Waals surface area contributed by atoms with E-state index in [9.17, 15) is 4.79 Å². The molecule has 0 spiro atoms. The smallest absolute Gasteiger partial charge is 0.271 e. The quantitative estimate of drug-likeness (QED) is 0.795. The monoisotopic (exact) mass is 257 g/mol. The minimum Gasteiger partial charge on any atom is -0.350 e. The Bertz CT molecular complexity index is 363. The molecule has 1 N–H and O–H groups in total. The first-order valence-electron chi connectivity index (χ1n) is 5.90. The minimum absolute atomic E-state index is 0.00794. The first-order chi connectivity index (χ1) is 8.06. The lowest BCUT2D eigenvalue weighted by Crippen LogP contribution is -2.38. The number of halogens is 1. The van der Waals surface area contributed by atoms with Crippen molar-refractivity contribution in [3.05, 3.63) is 18.0 Å². The number of carbonyl (C=O) groups is 1. The molecule has 0 aromatic carbocycles. The van der Waals surface area contributed by atoms with Crippen LogP contribution in [0.2, 0.25) is 0 Å². The molecule has 17 heavy (non-hydrogen) atoms. The van der Waals surface area contributed by atoms with Gasteiger partial charge in [-0.05, 0) is 18.9 Å².